The van der Waals surface area contributed by atoms with Crippen molar-refractivity contribution < 1.29 is 4.79 Å². The third kappa shape index (κ3) is 3.33. The molecule has 0 fully saturated rings. The second-order valence-electron chi connectivity index (χ2n) is 4.57. The van der Waals surface area contributed by atoms with Crippen molar-refractivity contribution in [2.45, 2.75) is 26.8 Å². The van der Waals surface area contributed by atoms with Gasteiger partial charge in [-0.15, -0.1) is 0 Å². The first-order valence-corrected chi connectivity index (χ1v) is 7.01. The van der Waals surface area contributed by atoms with Crippen molar-refractivity contribution in [1.82, 2.24) is 20.1 Å². The molecule has 1 aromatic heterocycles. The van der Waals surface area contributed by atoms with Crippen LogP contribution >= 0.6 is 12.2 Å². The van der Waals surface area contributed by atoms with Crippen molar-refractivity contribution >= 4 is 18.1 Å². The minimum Gasteiger partial charge on any atom is -0.356 e. The molecule has 0 unspecified atom stereocenters. The second kappa shape index (κ2) is 6.47. The number of nitrogens with one attached hydrogen (secondary N) is 2. The number of carbonyl (C=O) groups excluding carboxylic acids is 1. The van der Waals surface area contributed by atoms with Crippen LogP contribution in [0.4, 0.5) is 0 Å². The number of carbonyl (C=O) groups is 1. The smallest absolute Gasteiger partial charge is 0.221 e. The molecule has 1 heterocycles. The van der Waals surface area contributed by atoms with Crippen LogP contribution in [-0.2, 0) is 11.3 Å². The molecule has 0 aliphatic heterocycles. The summed E-state index contributed by atoms with van der Waals surface area (Å²) in [7, 11) is 0. The third-order valence-corrected chi connectivity index (χ3v) is 3.32. The monoisotopic (exact) mass is 290 g/mol. The summed E-state index contributed by atoms with van der Waals surface area (Å²) < 4.78 is 2.39. The van der Waals surface area contributed by atoms with Crippen LogP contribution in [0.15, 0.2) is 24.3 Å². The number of rotatable bonds is 5. The van der Waals surface area contributed by atoms with Gasteiger partial charge in [0.05, 0.1) is 0 Å². The number of hydrogen-bond donors (Lipinski definition) is 2. The predicted octanol–water partition coefficient (Wildman–Crippen LogP) is 2.44. The molecule has 20 heavy (non-hydrogen) atoms. The molecule has 2 N–H and O–H groups in total. The van der Waals surface area contributed by atoms with Gasteiger partial charge in [-0.05, 0) is 26.1 Å². The van der Waals surface area contributed by atoms with E-state index < -0.39 is 0 Å². The number of benzene rings is 1. The summed E-state index contributed by atoms with van der Waals surface area (Å²) in [5.74, 6) is 0.782. The quantitative estimate of drug-likeness (QED) is 0.831. The summed E-state index contributed by atoms with van der Waals surface area (Å²) in [5.41, 5.74) is 2.18. The van der Waals surface area contributed by atoms with Gasteiger partial charge in [0.2, 0.25) is 5.91 Å². The van der Waals surface area contributed by atoms with E-state index in [0.29, 0.717) is 24.3 Å². The van der Waals surface area contributed by atoms with E-state index in [4.69, 9.17) is 12.2 Å². The molecule has 0 atom stereocenters. The second-order valence-corrected chi connectivity index (χ2v) is 4.96. The topological polar surface area (TPSA) is 62.7 Å². The summed E-state index contributed by atoms with van der Waals surface area (Å²) in [6.45, 7) is 5.10. The van der Waals surface area contributed by atoms with Crippen molar-refractivity contribution in [3.05, 3.63) is 34.6 Å². The lowest BCUT2D eigenvalue weighted by Crippen LogP contribution is -2.23. The third-order valence-electron chi connectivity index (χ3n) is 3.00. The molecule has 0 spiro atoms. The van der Waals surface area contributed by atoms with Gasteiger partial charge in [-0.1, -0.05) is 29.8 Å². The molecule has 0 aliphatic rings. The lowest BCUT2D eigenvalue weighted by Gasteiger charge is -2.07. The first kappa shape index (κ1) is 14.5. The molecule has 0 saturated carbocycles. The summed E-state index contributed by atoms with van der Waals surface area (Å²) in [4.78, 5) is 11.6. The number of nitrogens with zero attached hydrogens (tertiary/aromatic N) is 2. The van der Waals surface area contributed by atoms with Crippen LogP contribution in [0.25, 0.3) is 11.4 Å². The summed E-state index contributed by atoms with van der Waals surface area (Å²) in [6, 6.07) is 8.06. The molecular formula is C14H18N4OS. The fourth-order valence-electron chi connectivity index (χ4n) is 1.95. The van der Waals surface area contributed by atoms with Gasteiger partial charge in [0.25, 0.3) is 0 Å². The van der Waals surface area contributed by atoms with Crippen LogP contribution in [0.5, 0.6) is 0 Å². The van der Waals surface area contributed by atoms with Crippen LogP contribution in [0, 0.1) is 11.7 Å². The Morgan fingerprint density at radius 3 is 2.75 bits per heavy atom. The summed E-state index contributed by atoms with van der Waals surface area (Å²) in [6.07, 6.45) is 0.389. The number of hydrogen-bond acceptors (Lipinski definition) is 3. The van der Waals surface area contributed by atoms with Crippen molar-refractivity contribution in [1.29, 1.82) is 0 Å². The first-order valence-electron chi connectivity index (χ1n) is 6.60. The van der Waals surface area contributed by atoms with Crippen molar-refractivity contribution in [3.63, 3.8) is 0 Å². The molecule has 0 saturated heterocycles. The van der Waals surface area contributed by atoms with Gasteiger partial charge in [-0.3, -0.25) is 14.5 Å². The maximum absolute atomic E-state index is 11.6. The molecule has 2 aromatic rings. The Hall–Kier alpha value is -1.95. The fraction of sp³-hybridized carbons (Fsp3) is 0.357. The van der Waals surface area contributed by atoms with E-state index in [0.717, 1.165) is 11.4 Å². The number of aromatic nitrogens is 3. The van der Waals surface area contributed by atoms with Gasteiger partial charge >= 0.3 is 0 Å². The van der Waals surface area contributed by atoms with E-state index >= 15 is 0 Å². The number of aromatic amines is 1. The number of aryl methyl sites for hydroxylation is 1. The average molecular weight is 290 g/mol. The van der Waals surface area contributed by atoms with Crippen LogP contribution in [-0.4, -0.2) is 27.2 Å². The van der Waals surface area contributed by atoms with E-state index in [1.54, 1.807) is 0 Å². The highest BCUT2D eigenvalue weighted by Gasteiger charge is 2.10. The first-order chi connectivity index (χ1) is 9.61. The Morgan fingerprint density at radius 2 is 2.10 bits per heavy atom. The van der Waals surface area contributed by atoms with Crippen LogP contribution in [0.1, 0.15) is 18.9 Å². The molecule has 2 rings (SSSR count). The van der Waals surface area contributed by atoms with E-state index in [-0.39, 0.29) is 5.91 Å². The predicted molar refractivity (Wildman–Crippen MR) is 80.9 cm³/mol. The van der Waals surface area contributed by atoms with Crippen molar-refractivity contribution in [3.8, 4) is 11.4 Å². The Kier molecular flexibility index (Phi) is 4.68. The number of amides is 1. The number of H-pyrrole nitrogens is 1. The highest BCUT2D eigenvalue weighted by Crippen LogP contribution is 2.18. The maximum atomic E-state index is 11.6. The zero-order valence-corrected chi connectivity index (χ0v) is 12.5. The van der Waals surface area contributed by atoms with Gasteiger partial charge < -0.3 is 5.32 Å². The summed E-state index contributed by atoms with van der Waals surface area (Å²) >= 11 is 5.23. The molecular weight excluding hydrogens is 272 g/mol. The fourth-order valence-corrected chi connectivity index (χ4v) is 2.17. The van der Waals surface area contributed by atoms with Crippen molar-refractivity contribution in [2.75, 3.05) is 6.54 Å². The maximum Gasteiger partial charge on any atom is 0.221 e. The minimum atomic E-state index is 0.0189. The largest absolute Gasteiger partial charge is 0.356 e. The molecule has 106 valence electrons. The SMILES string of the molecule is CCNC(=O)CCn1c(-c2ccc(C)cc2)n[nH]c1=S. The highest BCUT2D eigenvalue weighted by molar-refractivity contribution is 7.71. The van der Waals surface area contributed by atoms with Crippen LogP contribution in [0.2, 0.25) is 0 Å². The highest BCUT2D eigenvalue weighted by atomic mass is 32.1. The molecule has 0 aliphatic carbocycles. The molecule has 6 heteroatoms. The Labute approximate surface area is 123 Å². The average Bonchev–Trinajstić information content (AvgIpc) is 2.79. The van der Waals surface area contributed by atoms with Gasteiger partial charge in [0.15, 0.2) is 10.6 Å². The van der Waals surface area contributed by atoms with Crippen LogP contribution < -0.4 is 5.32 Å². The van der Waals surface area contributed by atoms with Gasteiger partial charge in [0.1, 0.15) is 0 Å². The normalized spacial score (nSPS) is 10.5. The molecule has 1 amide bonds. The van der Waals surface area contributed by atoms with Gasteiger partial charge in [-0.25, -0.2) is 0 Å². The Bertz CT molecular complexity index is 642. The van der Waals surface area contributed by atoms with E-state index in [9.17, 15) is 4.79 Å². The van der Waals surface area contributed by atoms with E-state index in [1.165, 1.54) is 5.56 Å². The molecule has 5 nitrogen and oxygen atoms in total. The zero-order chi connectivity index (χ0) is 14.5. The lowest BCUT2D eigenvalue weighted by atomic mass is 10.1. The van der Waals surface area contributed by atoms with Crippen molar-refractivity contribution in [2.24, 2.45) is 0 Å². The molecule has 1 aromatic carbocycles. The Balaban J connectivity index is 2.21. The van der Waals surface area contributed by atoms with Gasteiger partial charge in [-0.2, -0.15) is 5.10 Å². The van der Waals surface area contributed by atoms with Gasteiger partial charge in [0, 0.05) is 25.1 Å². The van der Waals surface area contributed by atoms with E-state index in [2.05, 4.69) is 15.5 Å². The molecule has 0 radical (unpaired) electrons. The standard InChI is InChI=1S/C14H18N4OS/c1-3-15-12(19)8-9-18-13(16-17-14(18)20)11-6-4-10(2)5-7-11/h4-7H,3,8-9H2,1-2H3,(H,15,19)(H,17,20). The van der Waals surface area contributed by atoms with Crippen LogP contribution in [0.3, 0.4) is 0 Å². The zero-order valence-electron chi connectivity index (χ0n) is 11.6. The lowest BCUT2D eigenvalue weighted by molar-refractivity contribution is -0.121. The minimum absolute atomic E-state index is 0.0189. The Morgan fingerprint density at radius 1 is 1.40 bits per heavy atom. The molecule has 0 bridgehead atoms. The van der Waals surface area contributed by atoms with E-state index in [1.807, 2.05) is 42.7 Å². The summed E-state index contributed by atoms with van der Waals surface area (Å²) in [5, 5.41) is 9.82.